The first-order chi connectivity index (χ1) is 16.9. The standard InChI is InChI=1S/C26H31BrN2O6/c1-33-25(31)19-10-6-18(7-11-19)15-29-24(30)23(28)14-17-8-12-21(13-9-17)35-26(32)34-16-20-4-2-3-5-22(20)27/h2-5,8-9,12-13,18-19,23H,6-7,10-11,14-16,28H2,1H3,(H,29,30)/t18?,19?,23-/m0/s1. The number of esters is 1. The van der Waals surface area contributed by atoms with E-state index in [1.807, 2.05) is 24.3 Å². The van der Waals surface area contributed by atoms with Crippen molar-refractivity contribution < 1.29 is 28.6 Å². The number of ether oxygens (including phenoxy) is 3. The van der Waals surface area contributed by atoms with Gasteiger partial charge in [-0.3, -0.25) is 9.59 Å². The minimum Gasteiger partial charge on any atom is -0.469 e. The molecule has 0 aliphatic heterocycles. The van der Waals surface area contributed by atoms with Crippen LogP contribution >= 0.6 is 15.9 Å². The van der Waals surface area contributed by atoms with Crippen molar-refractivity contribution in [3.05, 3.63) is 64.1 Å². The molecular weight excluding hydrogens is 516 g/mol. The summed E-state index contributed by atoms with van der Waals surface area (Å²) in [5.41, 5.74) is 7.77. The van der Waals surface area contributed by atoms with E-state index in [1.165, 1.54) is 7.11 Å². The summed E-state index contributed by atoms with van der Waals surface area (Å²) >= 11 is 3.40. The maximum Gasteiger partial charge on any atom is 0.514 e. The van der Waals surface area contributed by atoms with Crippen molar-refractivity contribution in [2.45, 2.75) is 44.8 Å². The second-order valence-corrected chi connectivity index (χ2v) is 9.53. The van der Waals surface area contributed by atoms with E-state index < -0.39 is 12.2 Å². The summed E-state index contributed by atoms with van der Waals surface area (Å²) in [5.74, 6) is 0.283. The van der Waals surface area contributed by atoms with E-state index in [0.717, 1.165) is 41.3 Å². The number of hydrogen-bond acceptors (Lipinski definition) is 7. The number of halogens is 1. The van der Waals surface area contributed by atoms with Gasteiger partial charge in [0.15, 0.2) is 0 Å². The lowest BCUT2D eigenvalue weighted by Crippen LogP contribution is -2.44. The Morgan fingerprint density at radius 3 is 2.40 bits per heavy atom. The molecule has 2 aromatic rings. The van der Waals surface area contributed by atoms with Crippen LogP contribution in [0.25, 0.3) is 0 Å². The van der Waals surface area contributed by atoms with Gasteiger partial charge in [-0.1, -0.05) is 46.3 Å². The molecule has 2 aromatic carbocycles. The van der Waals surface area contributed by atoms with E-state index in [4.69, 9.17) is 19.9 Å². The van der Waals surface area contributed by atoms with Crippen molar-refractivity contribution in [2.24, 2.45) is 17.6 Å². The van der Waals surface area contributed by atoms with Gasteiger partial charge in [0.2, 0.25) is 5.91 Å². The molecule has 3 N–H and O–H groups in total. The Labute approximate surface area is 213 Å². The summed E-state index contributed by atoms with van der Waals surface area (Å²) in [7, 11) is 1.41. The largest absolute Gasteiger partial charge is 0.514 e. The van der Waals surface area contributed by atoms with Crippen molar-refractivity contribution in [1.82, 2.24) is 5.32 Å². The number of nitrogens with two attached hydrogens (primary N) is 1. The second-order valence-electron chi connectivity index (χ2n) is 8.67. The number of methoxy groups -OCH3 is 1. The summed E-state index contributed by atoms with van der Waals surface area (Å²) in [6.45, 7) is 0.643. The fraction of sp³-hybridized carbons (Fsp3) is 0.423. The zero-order chi connectivity index (χ0) is 25.2. The van der Waals surface area contributed by atoms with Gasteiger partial charge in [0, 0.05) is 16.6 Å². The zero-order valence-corrected chi connectivity index (χ0v) is 21.3. The molecule has 0 spiro atoms. The van der Waals surface area contributed by atoms with E-state index in [9.17, 15) is 14.4 Å². The molecule has 0 radical (unpaired) electrons. The van der Waals surface area contributed by atoms with Crippen molar-refractivity contribution in [1.29, 1.82) is 0 Å². The summed E-state index contributed by atoms with van der Waals surface area (Å²) in [6, 6.07) is 13.6. The van der Waals surface area contributed by atoms with Crippen LogP contribution in [-0.2, 0) is 32.1 Å². The Hall–Kier alpha value is -2.91. The summed E-state index contributed by atoms with van der Waals surface area (Å²) < 4.78 is 16.0. The molecule has 1 saturated carbocycles. The van der Waals surface area contributed by atoms with E-state index in [-0.39, 0.29) is 24.4 Å². The highest BCUT2D eigenvalue weighted by Gasteiger charge is 2.27. The van der Waals surface area contributed by atoms with Gasteiger partial charge in [0.1, 0.15) is 12.4 Å². The normalized spacial score (nSPS) is 18.3. The second kappa shape index (κ2) is 13.3. The molecular formula is C26H31BrN2O6. The van der Waals surface area contributed by atoms with Gasteiger partial charge in [0.05, 0.1) is 19.1 Å². The van der Waals surface area contributed by atoms with Crippen LogP contribution in [0.2, 0.25) is 0 Å². The van der Waals surface area contributed by atoms with Crippen LogP contribution in [0.3, 0.4) is 0 Å². The fourth-order valence-electron chi connectivity index (χ4n) is 4.06. The number of benzene rings is 2. The first kappa shape index (κ1) is 26.7. The number of rotatable bonds is 9. The van der Waals surface area contributed by atoms with Crippen molar-refractivity contribution in [2.75, 3.05) is 13.7 Å². The SMILES string of the molecule is COC(=O)C1CCC(CNC(=O)[C@@H](N)Cc2ccc(OC(=O)OCc3ccccc3Br)cc2)CC1. The predicted molar refractivity (Wildman–Crippen MR) is 134 cm³/mol. The number of hydrogen-bond donors (Lipinski definition) is 2. The van der Waals surface area contributed by atoms with Crippen LogP contribution in [0, 0.1) is 11.8 Å². The third-order valence-corrected chi connectivity index (χ3v) is 6.94. The Balaban J connectivity index is 1.37. The summed E-state index contributed by atoms with van der Waals surface area (Å²) in [4.78, 5) is 36.0. The van der Waals surface area contributed by atoms with Crippen LogP contribution in [-0.4, -0.2) is 37.7 Å². The lowest BCUT2D eigenvalue weighted by atomic mass is 9.82. The van der Waals surface area contributed by atoms with E-state index in [2.05, 4.69) is 21.2 Å². The molecule has 1 aliphatic carbocycles. The van der Waals surface area contributed by atoms with Crippen molar-refractivity contribution >= 4 is 34.0 Å². The van der Waals surface area contributed by atoms with Gasteiger partial charge in [0.25, 0.3) is 0 Å². The Bertz CT molecular complexity index is 1010. The fourth-order valence-corrected chi connectivity index (χ4v) is 4.46. The number of carbonyl (C=O) groups is 3. The average molecular weight is 547 g/mol. The maximum absolute atomic E-state index is 12.4. The highest BCUT2D eigenvalue weighted by atomic mass is 79.9. The van der Waals surface area contributed by atoms with E-state index in [0.29, 0.717) is 24.6 Å². The summed E-state index contributed by atoms with van der Waals surface area (Å²) in [5, 5.41) is 2.93. The first-order valence-corrected chi connectivity index (χ1v) is 12.4. The lowest BCUT2D eigenvalue weighted by molar-refractivity contribution is -0.146. The monoisotopic (exact) mass is 546 g/mol. The van der Waals surface area contributed by atoms with Gasteiger partial charge in [-0.25, -0.2) is 4.79 Å². The Morgan fingerprint density at radius 1 is 1.06 bits per heavy atom. The smallest absolute Gasteiger partial charge is 0.469 e. The van der Waals surface area contributed by atoms with E-state index >= 15 is 0 Å². The van der Waals surface area contributed by atoms with Crippen LogP contribution in [0.1, 0.15) is 36.8 Å². The van der Waals surface area contributed by atoms with Crippen LogP contribution < -0.4 is 15.8 Å². The molecule has 1 fully saturated rings. The van der Waals surface area contributed by atoms with Crippen LogP contribution in [0.15, 0.2) is 53.0 Å². The highest BCUT2D eigenvalue weighted by Crippen LogP contribution is 2.29. The number of nitrogens with one attached hydrogen (secondary N) is 1. The zero-order valence-electron chi connectivity index (χ0n) is 19.7. The molecule has 188 valence electrons. The van der Waals surface area contributed by atoms with Gasteiger partial charge >= 0.3 is 12.1 Å². The van der Waals surface area contributed by atoms with Crippen LogP contribution in [0.5, 0.6) is 5.75 Å². The molecule has 1 atom stereocenters. The molecule has 0 aromatic heterocycles. The molecule has 9 heteroatoms. The minimum atomic E-state index is -0.801. The quantitative estimate of drug-likeness (QED) is 0.358. The molecule has 3 rings (SSSR count). The molecule has 1 aliphatic rings. The predicted octanol–water partition coefficient (Wildman–Crippen LogP) is 4.13. The lowest BCUT2D eigenvalue weighted by Gasteiger charge is -2.27. The molecule has 0 unspecified atom stereocenters. The number of amides is 1. The Kier molecular flexibility index (Phi) is 10.1. The van der Waals surface area contributed by atoms with Crippen molar-refractivity contribution in [3.8, 4) is 5.75 Å². The molecule has 8 nitrogen and oxygen atoms in total. The van der Waals surface area contributed by atoms with E-state index in [1.54, 1.807) is 24.3 Å². The topological polar surface area (TPSA) is 117 Å². The molecule has 35 heavy (non-hydrogen) atoms. The average Bonchev–Trinajstić information content (AvgIpc) is 2.87. The van der Waals surface area contributed by atoms with Crippen LogP contribution in [0.4, 0.5) is 4.79 Å². The number of carbonyl (C=O) groups excluding carboxylic acids is 3. The molecule has 0 bridgehead atoms. The van der Waals surface area contributed by atoms with Gasteiger partial charge in [-0.15, -0.1) is 0 Å². The third kappa shape index (κ3) is 8.36. The van der Waals surface area contributed by atoms with Gasteiger partial charge < -0.3 is 25.3 Å². The maximum atomic E-state index is 12.4. The molecule has 1 amide bonds. The first-order valence-electron chi connectivity index (χ1n) is 11.6. The summed E-state index contributed by atoms with van der Waals surface area (Å²) in [6.07, 6.45) is 2.87. The third-order valence-electron chi connectivity index (χ3n) is 6.17. The molecule has 0 heterocycles. The minimum absolute atomic E-state index is 0.0333. The highest BCUT2D eigenvalue weighted by molar-refractivity contribution is 9.10. The van der Waals surface area contributed by atoms with Gasteiger partial charge in [-0.05, 0) is 61.8 Å². The van der Waals surface area contributed by atoms with Gasteiger partial charge in [-0.2, -0.15) is 0 Å². The Morgan fingerprint density at radius 2 is 1.74 bits per heavy atom. The molecule has 0 saturated heterocycles. The van der Waals surface area contributed by atoms with Crippen molar-refractivity contribution in [3.63, 3.8) is 0 Å².